The Hall–Kier alpha value is -1.84. The zero-order valence-corrected chi connectivity index (χ0v) is 18.5. The lowest BCUT2D eigenvalue weighted by atomic mass is 9.89. The third-order valence-electron chi connectivity index (χ3n) is 6.02. The molecule has 2 saturated heterocycles. The molecule has 1 aromatic carbocycles. The zero-order chi connectivity index (χ0) is 21.6. The predicted molar refractivity (Wildman–Crippen MR) is 118 cm³/mol. The van der Waals surface area contributed by atoms with Crippen LogP contribution in [0.15, 0.2) is 18.2 Å². The van der Waals surface area contributed by atoms with Crippen LogP contribution in [0.2, 0.25) is 0 Å². The molecule has 170 valence electrons. The Kier molecular flexibility index (Phi) is 7.68. The minimum Gasteiger partial charge on any atom is -0.490 e. The lowest BCUT2D eigenvalue weighted by molar-refractivity contribution is -0.118. The molecule has 3 amide bonds. The van der Waals surface area contributed by atoms with Crippen LogP contribution < -0.4 is 20.1 Å². The number of urea groups is 1. The minimum absolute atomic E-state index is 0.148. The third kappa shape index (κ3) is 6.33. The van der Waals surface area contributed by atoms with E-state index >= 15 is 0 Å². The van der Waals surface area contributed by atoms with Gasteiger partial charge in [0.2, 0.25) is 5.91 Å². The number of hydrogen-bond donors (Lipinski definition) is 3. The number of carbonyl (C=O) groups excluding carboxylic acids is 2. The fraction of sp³-hybridized carbons (Fsp3) is 0.636. The van der Waals surface area contributed by atoms with E-state index in [0.717, 1.165) is 43.7 Å². The van der Waals surface area contributed by atoms with E-state index in [2.05, 4.69) is 15.4 Å². The highest BCUT2D eigenvalue weighted by atomic mass is 32.2. The van der Waals surface area contributed by atoms with Crippen molar-refractivity contribution in [2.24, 2.45) is 11.8 Å². The van der Waals surface area contributed by atoms with Crippen molar-refractivity contribution in [2.75, 3.05) is 38.5 Å². The molecule has 1 aromatic rings. The van der Waals surface area contributed by atoms with Gasteiger partial charge in [-0.3, -0.25) is 14.8 Å². The van der Waals surface area contributed by atoms with Gasteiger partial charge < -0.3 is 15.0 Å². The monoisotopic (exact) mass is 450 g/mol. The van der Waals surface area contributed by atoms with Crippen LogP contribution in [0.3, 0.4) is 0 Å². The normalized spacial score (nSPS) is 20.0. The second kappa shape index (κ2) is 10.7. The van der Waals surface area contributed by atoms with Crippen molar-refractivity contribution in [3.05, 3.63) is 29.6 Å². The molecule has 1 unspecified atom stereocenters. The third-order valence-corrected chi connectivity index (χ3v) is 6.94. The summed E-state index contributed by atoms with van der Waals surface area (Å²) in [5.41, 5.74) is 1.07. The maximum atomic E-state index is 14.2. The Morgan fingerprint density at radius 2 is 2.06 bits per heavy atom. The van der Waals surface area contributed by atoms with E-state index in [1.807, 2.05) is 12.1 Å². The van der Waals surface area contributed by atoms with Crippen molar-refractivity contribution < 1.29 is 18.7 Å². The Morgan fingerprint density at radius 1 is 1.23 bits per heavy atom. The Morgan fingerprint density at radius 3 is 2.74 bits per heavy atom. The first kappa shape index (κ1) is 22.4. The fourth-order valence-corrected chi connectivity index (χ4v) is 4.74. The number of rotatable bonds is 13. The van der Waals surface area contributed by atoms with Crippen molar-refractivity contribution >= 4 is 23.9 Å². The van der Waals surface area contributed by atoms with Gasteiger partial charge in [0.05, 0.1) is 6.61 Å². The summed E-state index contributed by atoms with van der Waals surface area (Å²) in [6, 6.07) is 5.10. The van der Waals surface area contributed by atoms with Crippen molar-refractivity contribution in [2.45, 2.75) is 38.1 Å². The van der Waals surface area contributed by atoms with Crippen molar-refractivity contribution in [1.29, 1.82) is 0 Å². The van der Waals surface area contributed by atoms with Crippen molar-refractivity contribution in [1.82, 2.24) is 20.3 Å². The molecule has 1 saturated carbocycles. The highest BCUT2D eigenvalue weighted by Gasteiger charge is 2.29. The number of amides is 3. The number of nitrogens with zero attached hydrogens (tertiary/aromatic N) is 1. The van der Waals surface area contributed by atoms with E-state index in [1.165, 1.54) is 18.9 Å². The molecule has 2 aliphatic heterocycles. The van der Waals surface area contributed by atoms with Gasteiger partial charge in [-0.05, 0) is 49.3 Å². The highest BCUT2D eigenvalue weighted by Crippen LogP contribution is 2.33. The molecule has 0 spiro atoms. The van der Waals surface area contributed by atoms with E-state index in [1.54, 1.807) is 16.8 Å². The topological polar surface area (TPSA) is 82.7 Å². The summed E-state index contributed by atoms with van der Waals surface area (Å²) in [4.78, 5) is 24.3. The average molecular weight is 451 g/mol. The summed E-state index contributed by atoms with van der Waals surface area (Å²) in [6.07, 6.45) is 5.27. The molecule has 9 heteroatoms. The molecule has 0 aromatic heterocycles. The molecular weight excluding hydrogens is 419 g/mol. The molecule has 2 heterocycles. The summed E-state index contributed by atoms with van der Waals surface area (Å²) in [5.74, 6) is 1.86. The number of halogens is 1. The van der Waals surface area contributed by atoms with E-state index in [-0.39, 0.29) is 30.3 Å². The maximum absolute atomic E-state index is 14.2. The molecule has 1 aliphatic carbocycles. The molecule has 0 bridgehead atoms. The molecule has 1 atom stereocenters. The summed E-state index contributed by atoms with van der Waals surface area (Å²) in [5, 5.41) is 5.62. The SMILES string of the molecule is O=C1CN(CCCCCSNC(c2ccc(F)c(OCC3CC3)c2)C2CNC2)C(=O)N1. The molecular formula is C22H31FN4O3S. The number of ether oxygens (including phenoxy) is 1. The van der Waals surface area contributed by atoms with Crippen LogP contribution in [-0.4, -0.2) is 55.4 Å². The smallest absolute Gasteiger partial charge is 0.324 e. The van der Waals surface area contributed by atoms with E-state index < -0.39 is 0 Å². The summed E-state index contributed by atoms with van der Waals surface area (Å²) in [7, 11) is 0. The van der Waals surface area contributed by atoms with Crippen LogP contribution in [0.1, 0.15) is 43.7 Å². The first-order valence-electron chi connectivity index (χ1n) is 11.2. The zero-order valence-electron chi connectivity index (χ0n) is 17.7. The number of hydrogen-bond acceptors (Lipinski definition) is 6. The quantitative estimate of drug-likeness (QED) is 0.244. The molecule has 3 aliphatic rings. The van der Waals surface area contributed by atoms with Gasteiger partial charge in [-0.1, -0.05) is 24.4 Å². The van der Waals surface area contributed by atoms with E-state index in [9.17, 15) is 14.0 Å². The molecule has 31 heavy (non-hydrogen) atoms. The Labute approximate surface area is 187 Å². The maximum Gasteiger partial charge on any atom is 0.324 e. The first-order chi connectivity index (χ1) is 15.1. The molecule has 0 radical (unpaired) electrons. The highest BCUT2D eigenvalue weighted by molar-refractivity contribution is 7.97. The first-order valence-corrected chi connectivity index (χ1v) is 12.2. The van der Waals surface area contributed by atoms with Gasteiger partial charge in [-0.25, -0.2) is 9.18 Å². The van der Waals surface area contributed by atoms with Crippen LogP contribution in [0.25, 0.3) is 0 Å². The lowest BCUT2D eigenvalue weighted by Gasteiger charge is -2.35. The molecule has 4 rings (SSSR count). The number of carbonyl (C=O) groups is 2. The summed E-state index contributed by atoms with van der Waals surface area (Å²) in [6.45, 7) is 3.29. The summed E-state index contributed by atoms with van der Waals surface area (Å²) < 4.78 is 23.5. The summed E-state index contributed by atoms with van der Waals surface area (Å²) >= 11 is 1.70. The van der Waals surface area contributed by atoms with Crippen LogP contribution in [0.5, 0.6) is 5.75 Å². The van der Waals surface area contributed by atoms with Gasteiger partial charge in [-0.15, -0.1) is 0 Å². The Bertz CT molecular complexity index is 788. The van der Waals surface area contributed by atoms with Gasteiger partial charge >= 0.3 is 6.03 Å². The second-order valence-electron chi connectivity index (χ2n) is 8.64. The van der Waals surface area contributed by atoms with Crippen LogP contribution in [0, 0.1) is 17.7 Å². The molecule has 7 nitrogen and oxygen atoms in total. The van der Waals surface area contributed by atoms with Crippen LogP contribution in [-0.2, 0) is 4.79 Å². The second-order valence-corrected chi connectivity index (χ2v) is 9.57. The van der Waals surface area contributed by atoms with Gasteiger partial charge in [-0.2, -0.15) is 0 Å². The molecule has 3 fully saturated rings. The predicted octanol–water partition coefficient (Wildman–Crippen LogP) is 2.83. The van der Waals surface area contributed by atoms with Gasteiger partial charge in [0.25, 0.3) is 0 Å². The van der Waals surface area contributed by atoms with Gasteiger partial charge in [0, 0.05) is 37.3 Å². The average Bonchev–Trinajstić information content (AvgIpc) is 3.48. The van der Waals surface area contributed by atoms with Crippen LogP contribution >= 0.6 is 11.9 Å². The number of unbranched alkanes of at least 4 members (excludes halogenated alkanes) is 2. The Balaban J connectivity index is 1.20. The van der Waals surface area contributed by atoms with Crippen molar-refractivity contribution in [3.8, 4) is 5.75 Å². The van der Waals surface area contributed by atoms with E-state index in [0.29, 0.717) is 30.7 Å². The number of benzene rings is 1. The largest absolute Gasteiger partial charge is 0.490 e. The van der Waals surface area contributed by atoms with Gasteiger partial charge in [0.15, 0.2) is 11.6 Å². The molecule has 3 N–H and O–H groups in total. The fourth-order valence-electron chi connectivity index (χ4n) is 3.77. The lowest BCUT2D eigenvalue weighted by Crippen LogP contribution is -2.48. The van der Waals surface area contributed by atoms with Gasteiger partial charge in [0.1, 0.15) is 6.54 Å². The van der Waals surface area contributed by atoms with E-state index in [4.69, 9.17) is 4.74 Å². The number of imide groups is 1. The number of nitrogens with one attached hydrogen (secondary N) is 3. The van der Waals surface area contributed by atoms with Crippen LogP contribution in [0.4, 0.5) is 9.18 Å². The standard InChI is InChI=1S/C22H31FN4O3S/c23-18-7-6-16(10-19(18)30-14-15-4-5-15)21(17-11-24-12-17)26-31-9-3-1-2-8-27-13-20(28)25-22(27)29/h6-7,10,15,17,21,24,26H,1-5,8-9,11-14H2,(H,25,28,29). The van der Waals surface area contributed by atoms with Crippen molar-refractivity contribution in [3.63, 3.8) is 0 Å². The minimum atomic E-state index is -0.295.